The highest BCUT2D eigenvalue weighted by Crippen LogP contribution is 2.40. The van der Waals surface area contributed by atoms with Gasteiger partial charge in [-0.2, -0.15) is 0 Å². The van der Waals surface area contributed by atoms with E-state index < -0.39 is 5.97 Å². The second-order valence-electron chi connectivity index (χ2n) is 6.00. The van der Waals surface area contributed by atoms with Crippen LogP contribution >= 0.6 is 0 Å². The first-order valence-corrected chi connectivity index (χ1v) is 7.42. The maximum absolute atomic E-state index is 11.4. The Morgan fingerprint density at radius 2 is 1.48 bits per heavy atom. The van der Waals surface area contributed by atoms with E-state index in [-0.39, 0.29) is 0 Å². The molecule has 116 valence electrons. The van der Waals surface area contributed by atoms with Crippen LogP contribution in [0.2, 0.25) is 0 Å². The number of benzene rings is 1. The largest absolute Gasteiger partial charge is 0.478 e. The van der Waals surface area contributed by atoms with Gasteiger partial charge in [0, 0.05) is 41.3 Å². The van der Waals surface area contributed by atoms with Crippen LogP contribution in [0.25, 0.3) is 0 Å². The first kappa shape index (κ1) is 15.5. The molecule has 0 saturated carbocycles. The number of carboxylic acids is 1. The van der Waals surface area contributed by atoms with Crippen LogP contribution in [-0.2, 0) is 0 Å². The topological polar surface area (TPSA) is 47.0 Å². The van der Waals surface area contributed by atoms with Crippen LogP contribution in [0.4, 0.5) is 17.1 Å². The maximum atomic E-state index is 11.4. The molecule has 0 atom stereocenters. The highest BCUT2D eigenvalue weighted by atomic mass is 16.4. The van der Waals surface area contributed by atoms with Gasteiger partial charge in [0.25, 0.3) is 0 Å². The average molecular weight is 291 g/mol. The molecule has 0 unspecified atom stereocenters. The van der Waals surface area contributed by atoms with Crippen molar-refractivity contribution in [2.24, 2.45) is 0 Å². The molecule has 1 heterocycles. The molecule has 1 saturated heterocycles. The van der Waals surface area contributed by atoms with Crippen LogP contribution in [0.15, 0.2) is 12.1 Å². The average Bonchev–Trinajstić information content (AvgIpc) is 2.46. The van der Waals surface area contributed by atoms with Crippen molar-refractivity contribution in [3.05, 3.63) is 17.7 Å². The van der Waals surface area contributed by atoms with Gasteiger partial charge in [-0.05, 0) is 31.4 Å². The van der Waals surface area contributed by atoms with Crippen molar-refractivity contribution < 1.29 is 9.90 Å². The zero-order valence-electron chi connectivity index (χ0n) is 13.4. The van der Waals surface area contributed by atoms with Gasteiger partial charge in [0.2, 0.25) is 0 Å². The SMILES string of the molecule is CN(C)c1cc(C(=O)O)cc(N(C)C)c1N1CCCCC1. The van der Waals surface area contributed by atoms with Crippen LogP contribution in [0.5, 0.6) is 0 Å². The van der Waals surface area contributed by atoms with E-state index in [4.69, 9.17) is 0 Å². The molecule has 0 aromatic heterocycles. The molecule has 0 radical (unpaired) electrons. The van der Waals surface area contributed by atoms with E-state index in [0.29, 0.717) is 5.56 Å². The molecule has 2 rings (SSSR count). The van der Waals surface area contributed by atoms with Crippen molar-refractivity contribution in [1.82, 2.24) is 0 Å². The Hall–Kier alpha value is -1.91. The van der Waals surface area contributed by atoms with E-state index >= 15 is 0 Å². The molecule has 21 heavy (non-hydrogen) atoms. The number of aromatic carboxylic acids is 1. The van der Waals surface area contributed by atoms with Gasteiger partial charge >= 0.3 is 5.97 Å². The molecule has 0 bridgehead atoms. The van der Waals surface area contributed by atoms with Crippen LogP contribution in [-0.4, -0.2) is 52.4 Å². The van der Waals surface area contributed by atoms with Crippen LogP contribution in [0.1, 0.15) is 29.6 Å². The standard InChI is InChI=1S/C16H25N3O2/c1-17(2)13-10-12(16(20)21)11-14(18(3)4)15(13)19-8-6-5-7-9-19/h10-11H,5-9H2,1-4H3,(H,20,21). The predicted octanol–water partition coefficient (Wildman–Crippen LogP) is 2.51. The van der Waals surface area contributed by atoms with Gasteiger partial charge < -0.3 is 19.8 Å². The summed E-state index contributed by atoms with van der Waals surface area (Å²) in [5.41, 5.74) is 3.43. The Bertz CT molecular complexity index is 491. The van der Waals surface area contributed by atoms with Gasteiger partial charge in [-0.3, -0.25) is 0 Å². The number of carbonyl (C=O) groups is 1. The van der Waals surface area contributed by atoms with Crippen molar-refractivity contribution in [3.8, 4) is 0 Å². The lowest BCUT2D eigenvalue weighted by molar-refractivity contribution is 0.0697. The zero-order chi connectivity index (χ0) is 15.6. The summed E-state index contributed by atoms with van der Waals surface area (Å²) in [6, 6.07) is 3.55. The lowest BCUT2D eigenvalue weighted by Gasteiger charge is -2.35. The van der Waals surface area contributed by atoms with E-state index in [0.717, 1.165) is 30.2 Å². The summed E-state index contributed by atoms with van der Waals surface area (Å²) in [5.74, 6) is -0.883. The third-order valence-electron chi connectivity index (χ3n) is 3.95. The van der Waals surface area contributed by atoms with Crippen LogP contribution in [0.3, 0.4) is 0 Å². The van der Waals surface area contributed by atoms with E-state index in [1.807, 2.05) is 38.0 Å². The first-order chi connectivity index (χ1) is 9.91. The normalized spacial score (nSPS) is 15.0. The maximum Gasteiger partial charge on any atom is 0.335 e. The van der Waals surface area contributed by atoms with Crippen LogP contribution in [0, 0.1) is 0 Å². The van der Waals surface area contributed by atoms with Crippen molar-refractivity contribution >= 4 is 23.0 Å². The number of rotatable bonds is 4. The minimum atomic E-state index is -0.883. The van der Waals surface area contributed by atoms with Gasteiger partial charge in [0.05, 0.1) is 22.6 Å². The smallest absolute Gasteiger partial charge is 0.335 e. The van der Waals surface area contributed by atoms with Crippen LogP contribution < -0.4 is 14.7 Å². The zero-order valence-corrected chi connectivity index (χ0v) is 13.4. The molecule has 0 amide bonds. The summed E-state index contributed by atoms with van der Waals surface area (Å²) in [6.07, 6.45) is 3.67. The monoisotopic (exact) mass is 291 g/mol. The third kappa shape index (κ3) is 3.23. The van der Waals surface area contributed by atoms with E-state index in [1.165, 1.54) is 19.3 Å². The van der Waals surface area contributed by atoms with Gasteiger partial charge in [-0.25, -0.2) is 4.79 Å². The summed E-state index contributed by atoms with van der Waals surface area (Å²) >= 11 is 0. The fourth-order valence-corrected chi connectivity index (χ4v) is 2.85. The van der Waals surface area contributed by atoms with Crippen molar-refractivity contribution in [2.75, 3.05) is 56.0 Å². The summed E-state index contributed by atoms with van der Waals surface area (Å²) < 4.78 is 0. The molecule has 1 aliphatic heterocycles. The molecular weight excluding hydrogens is 266 g/mol. The Balaban J connectivity index is 2.60. The number of piperidine rings is 1. The third-order valence-corrected chi connectivity index (χ3v) is 3.95. The van der Waals surface area contributed by atoms with Gasteiger partial charge in [0.1, 0.15) is 0 Å². The number of hydrogen-bond acceptors (Lipinski definition) is 4. The Labute approximate surface area is 126 Å². The van der Waals surface area contributed by atoms with E-state index in [1.54, 1.807) is 12.1 Å². The minimum Gasteiger partial charge on any atom is -0.478 e. The number of hydrogen-bond donors (Lipinski definition) is 1. The molecule has 1 N–H and O–H groups in total. The lowest BCUT2D eigenvalue weighted by Crippen LogP contribution is -2.32. The quantitative estimate of drug-likeness (QED) is 0.923. The van der Waals surface area contributed by atoms with E-state index in [9.17, 15) is 9.90 Å². The minimum absolute atomic E-state index is 0.336. The van der Waals surface area contributed by atoms with E-state index in [2.05, 4.69) is 4.90 Å². The van der Waals surface area contributed by atoms with Gasteiger partial charge in [0.15, 0.2) is 0 Å². The summed E-state index contributed by atoms with van der Waals surface area (Å²) in [6.45, 7) is 2.07. The van der Waals surface area contributed by atoms with Crippen molar-refractivity contribution in [2.45, 2.75) is 19.3 Å². The summed E-state index contributed by atoms with van der Waals surface area (Å²) in [4.78, 5) is 17.8. The molecule has 1 aromatic rings. The fraction of sp³-hybridized carbons (Fsp3) is 0.562. The van der Waals surface area contributed by atoms with Crippen molar-refractivity contribution in [1.29, 1.82) is 0 Å². The first-order valence-electron chi connectivity index (χ1n) is 7.42. The van der Waals surface area contributed by atoms with Gasteiger partial charge in [-0.1, -0.05) is 0 Å². The Morgan fingerprint density at radius 1 is 1.00 bits per heavy atom. The predicted molar refractivity (Wildman–Crippen MR) is 88.1 cm³/mol. The molecule has 1 aromatic carbocycles. The Kier molecular flexibility index (Phi) is 4.60. The Morgan fingerprint density at radius 3 is 1.86 bits per heavy atom. The second-order valence-corrected chi connectivity index (χ2v) is 6.00. The summed E-state index contributed by atoms with van der Waals surface area (Å²) in [7, 11) is 7.86. The second kappa shape index (κ2) is 6.24. The molecule has 1 fully saturated rings. The van der Waals surface area contributed by atoms with Gasteiger partial charge in [-0.15, -0.1) is 0 Å². The number of carboxylic acid groups (broad SMARTS) is 1. The van der Waals surface area contributed by atoms with Crippen molar-refractivity contribution in [3.63, 3.8) is 0 Å². The lowest BCUT2D eigenvalue weighted by atomic mass is 10.0. The molecule has 5 nitrogen and oxygen atoms in total. The molecule has 0 spiro atoms. The summed E-state index contributed by atoms with van der Waals surface area (Å²) in [5, 5.41) is 9.35. The number of anilines is 3. The molecular formula is C16H25N3O2. The fourth-order valence-electron chi connectivity index (χ4n) is 2.85. The highest BCUT2D eigenvalue weighted by molar-refractivity contribution is 5.96. The molecule has 5 heteroatoms. The molecule has 0 aliphatic carbocycles. The molecule has 1 aliphatic rings. The highest BCUT2D eigenvalue weighted by Gasteiger charge is 2.22. The number of nitrogens with zero attached hydrogens (tertiary/aromatic N) is 3.